The number of hydrogen-bond donors (Lipinski definition) is 2. The summed E-state index contributed by atoms with van der Waals surface area (Å²) in [6.45, 7) is 3.94. The highest BCUT2D eigenvalue weighted by atomic mass is 16.5. The van der Waals surface area contributed by atoms with Gasteiger partial charge in [-0.3, -0.25) is 0 Å². The van der Waals surface area contributed by atoms with Crippen LogP contribution in [0.5, 0.6) is 0 Å². The maximum Gasteiger partial charge on any atom is 0.317 e. The van der Waals surface area contributed by atoms with Crippen LogP contribution in [-0.2, 0) is 11.3 Å². The molecule has 1 fully saturated rings. The summed E-state index contributed by atoms with van der Waals surface area (Å²) in [5.74, 6) is 1.62. The van der Waals surface area contributed by atoms with E-state index in [4.69, 9.17) is 9.15 Å². The van der Waals surface area contributed by atoms with Crippen LogP contribution in [0.2, 0.25) is 0 Å². The molecule has 25 heavy (non-hydrogen) atoms. The van der Waals surface area contributed by atoms with Gasteiger partial charge in [-0.25, -0.2) is 4.79 Å². The zero-order valence-electron chi connectivity index (χ0n) is 14.1. The van der Waals surface area contributed by atoms with Gasteiger partial charge in [0.1, 0.15) is 17.6 Å². The number of nitrogens with one attached hydrogen (secondary N) is 2. The summed E-state index contributed by atoms with van der Waals surface area (Å²) in [5.41, 5.74) is 2.06. The molecule has 0 aliphatic carbocycles. The fraction of sp³-hybridized carbons (Fsp3) is 0.316. The molecule has 1 aliphatic heterocycles. The minimum atomic E-state index is -0.207. The number of hydrogen-bond acceptors (Lipinski definition) is 3. The minimum absolute atomic E-state index is 0.0877. The maximum absolute atomic E-state index is 12.5. The summed E-state index contributed by atoms with van der Waals surface area (Å²) in [6, 6.07) is 13.9. The number of amides is 2. The molecule has 0 bridgehead atoms. The van der Waals surface area contributed by atoms with Gasteiger partial charge in [-0.2, -0.15) is 0 Å². The number of aryl methyl sites for hydroxylation is 1. The third-order valence-electron chi connectivity index (χ3n) is 4.45. The van der Waals surface area contributed by atoms with Crippen LogP contribution < -0.4 is 5.32 Å². The zero-order chi connectivity index (χ0) is 17.2. The van der Waals surface area contributed by atoms with E-state index in [1.165, 1.54) is 0 Å². The Morgan fingerprint density at radius 3 is 3.00 bits per heavy atom. The van der Waals surface area contributed by atoms with Crippen LogP contribution in [0.4, 0.5) is 4.79 Å². The second-order valence-corrected chi connectivity index (χ2v) is 6.29. The number of carbonyl (C=O) groups excluding carboxylic acids is 1. The SMILES string of the molecule is Cc1ccc([C@H]2CN(C(=O)NCc3cc4ccccc4[nH]3)CCO2)o1. The molecule has 130 valence electrons. The first-order chi connectivity index (χ1) is 12.2. The van der Waals surface area contributed by atoms with Crippen molar-refractivity contribution in [2.75, 3.05) is 19.7 Å². The Labute approximate surface area is 145 Å². The highest BCUT2D eigenvalue weighted by Gasteiger charge is 2.27. The summed E-state index contributed by atoms with van der Waals surface area (Å²) < 4.78 is 11.4. The normalized spacial score (nSPS) is 17.8. The molecule has 0 radical (unpaired) electrons. The highest BCUT2D eigenvalue weighted by molar-refractivity contribution is 5.80. The Hall–Kier alpha value is -2.73. The molecule has 2 N–H and O–H groups in total. The van der Waals surface area contributed by atoms with E-state index in [0.717, 1.165) is 28.1 Å². The number of furan rings is 1. The van der Waals surface area contributed by atoms with Crippen molar-refractivity contribution < 1.29 is 13.9 Å². The lowest BCUT2D eigenvalue weighted by Gasteiger charge is -2.32. The fourth-order valence-corrected chi connectivity index (χ4v) is 3.14. The number of para-hydroxylation sites is 1. The third kappa shape index (κ3) is 3.39. The summed E-state index contributed by atoms with van der Waals surface area (Å²) in [5, 5.41) is 4.12. The summed E-state index contributed by atoms with van der Waals surface area (Å²) in [6.07, 6.45) is -0.207. The number of nitrogens with zero attached hydrogens (tertiary/aromatic N) is 1. The average Bonchev–Trinajstić information content (AvgIpc) is 3.25. The Morgan fingerprint density at radius 2 is 2.20 bits per heavy atom. The molecule has 0 unspecified atom stereocenters. The average molecular weight is 339 g/mol. The van der Waals surface area contributed by atoms with Crippen LogP contribution in [0.25, 0.3) is 10.9 Å². The first-order valence-corrected chi connectivity index (χ1v) is 8.46. The Bertz CT molecular complexity index is 850. The van der Waals surface area contributed by atoms with Crippen molar-refractivity contribution >= 4 is 16.9 Å². The van der Waals surface area contributed by atoms with Crippen molar-refractivity contribution in [2.45, 2.75) is 19.6 Å². The smallest absolute Gasteiger partial charge is 0.317 e. The van der Waals surface area contributed by atoms with E-state index in [-0.39, 0.29) is 12.1 Å². The molecule has 1 atom stereocenters. The molecule has 3 aromatic rings. The van der Waals surface area contributed by atoms with Crippen LogP contribution >= 0.6 is 0 Å². The van der Waals surface area contributed by atoms with Gasteiger partial charge in [0.15, 0.2) is 0 Å². The first-order valence-electron chi connectivity index (χ1n) is 8.46. The Morgan fingerprint density at radius 1 is 1.32 bits per heavy atom. The van der Waals surface area contributed by atoms with Gasteiger partial charge in [0.2, 0.25) is 0 Å². The number of aromatic amines is 1. The number of benzene rings is 1. The van der Waals surface area contributed by atoms with Gasteiger partial charge in [0, 0.05) is 17.8 Å². The number of fused-ring (bicyclic) bond motifs is 1. The molecule has 4 rings (SSSR count). The lowest BCUT2D eigenvalue weighted by molar-refractivity contribution is -0.0263. The van der Waals surface area contributed by atoms with E-state index in [0.29, 0.717) is 26.2 Å². The van der Waals surface area contributed by atoms with Gasteiger partial charge in [-0.05, 0) is 36.6 Å². The number of aromatic nitrogens is 1. The molecule has 0 spiro atoms. The van der Waals surface area contributed by atoms with Crippen LogP contribution in [0.15, 0.2) is 46.9 Å². The number of carbonyl (C=O) groups is 1. The first kappa shape index (κ1) is 15.8. The number of ether oxygens (including phenoxy) is 1. The van der Waals surface area contributed by atoms with E-state index in [9.17, 15) is 4.79 Å². The molecular weight excluding hydrogens is 318 g/mol. The standard InChI is InChI=1S/C19H21N3O3/c1-13-6-7-17(25-13)18-12-22(8-9-24-18)19(23)20-11-15-10-14-4-2-3-5-16(14)21-15/h2-7,10,18,21H,8-9,11-12H2,1H3,(H,20,23)/t18-/m1/s1. The van der Waals surface area contributed by atoms with Crippen LogP contribution in [0, 0.1) is 6.92 Å². The van der Waals surface area contributed by atoms with Gasteiger partial charge >= 0.3 is 6.03 Å². The summed E-state index contributed by atoms with van der Waals surface area (Å²) in [4.78, 5) is 17.6. The van der Waals surface area contributed by atoms with Crippen molar-refractivity contribution in [3.63, 3.8) is 0 Å². The lowest BCUT2D eigenvalue weighted by Crippen LogP contribution is -2.46. The van der Waals surface area contributed by atoms with Crippen molar-refractivity contribution in [1.29, 1.82) is 0 Å². The molecule has 6 heteroatoms. The molecular formula is C19H21N3O3. The van der Waals surface area contributed by atoms with Crippen molar-refractivity contribution in [2.24, 2.45) is 0 Å². The Balaban J connectivity index is 1.37. The quantitative estimate of drug-likeness (QED) is 0.769. The number of morpholine rings is 1. The molecule has 6 nitrogen and oxygen atoms in total. The third-order valence-corrected chi connectivity index (χ3v) is 4.45. The van der Waals surface area contributed by atoms with Gasteiger partial charge in [0.05, 0.1) is 19.7 Å². The lowest BCUT2D eigenvalue weighted by atomic mass is 10.2. The van der Waals surface area contributed by atoms with Crippen molar-refractivity contribution in [3.05, 3.63) is 59.7 Å². The van der Waals surface area contributed by atoms with Crippen LogP contribution in [0.3, 0.4) is 0 Å². The van der Waals surface area contributed by atoms with Gasteiger partial charge < -0.3 is 24.4 Å². The molecule has 0 saturated carbocycles. The molecule has 3 heterocycles. The van der Waals surface area contributed by atoms with Crippen molar-refractivity contribution in [3.8, 4) is 0 Å². The predicted molar refractivity (Wildman–Crippen MR) is 94.2 cm³/mol. The van der Waals surface area contributed by atoms with Gasteiger partial charge in [0.25, 0.3) is 0 Å². The largest absolute Gasteiger partial charge is 0.464 e. The molecule has 1 aromatic carbocycles. The second-order valence-electron chi connectivity index (χ2n) is 6.29. The molecule has 1 aliphatic rings. The number of H-pyrrole nitrogens is 1. The highest BCUT2D eigenvalue weighted by Crippen LogP contribution is 2.24. The Kier molecular flexibility index (Phi) is 4.19. The monoisotopic (exact) mass is 339 g/mol. The topological polar surface area (TPSA) is 70.5 Å². The number of urea groups is 1. The predicted octanol–water partition coefficient (Wildman–Crippen LogP) is 3.35. The van der Waals surface area contributed by atoms with Crippen molar-refractivity contribution in [1.82, 2.24) is 15.2 Å². The summed E-state index contributed by atoms with van der Waals surface area (Å²) in [7, 11) is 0. The van der Waals surface area contributed by atoms with Gasteiger partial charge in [-0.1, -0.05) is 18.2 Å². The van der Waals surface area contributed by atoms with E-state index in [1.54, 1.807) is 4.90 Å². The van der Waals surface area contributed by atoms with E-state index < -0.39 is 0 Å². The zero-order valence-corrected chi connectivity index (χ0v) is 14.1. The second kappa shape index (κ2) is 6.64. The fourth-order valence-electron chi connectivity index (χ4n) is 3.14. The maximum atomic E-state index is 12.5. The molecule has 2 amide bonds. The van der Waals surface area contributed by atoms with E-state index in [1.807, 2.05) is 37.3 Å². The number of rotatable bonds is 3. The molecule has 1 saturated heterocycles. The minimum Gasteiger partial charge on any atom is -0.464 e. The van der Waals surface area contributed by atoms with Crippen LogP contribution in [-0.4, -0.2) is 35.6 Å². The molecule has 2 aromatic heterocycles. The van der Waals surface area contributed by atoms with Gasteiger partial charge in [-0.15, -0.1) is 0 Å². The van der Waals surface area contributed by atoms with E-state index in [2.05, 4.69) is 22.4 Å². The van der Waals surface area contributed by atoms with Crippen LogP contribution in [0.1, 0.15) is 23.3 Å². The van der Waals surface area contributed by atoms with E-state index >= 15 is 0 Å². The summed E-state index contributed by atoms with van der Waals surface area (Å²) >= 11 is 0.